The summed E-state index contributed by atoms with van der Waals surface area (Å²) >= 11 is 12.4. The van der Waals surface area contributed by atoms with Crippen LogP contribution < -0.4 is 11.2 Å². The van der Waals surface area contributed by atoms with Gasteiger partial charge in [0, 0.05) is 36.9 Å². The third-order valence-electron chi connectivity index (χ3n) is 4.72. The van der Waals surface area contributed by atoms with Crippen LogP contribution in [-0.4, -0.2) is 23.1 Å². The number of halogens is 2. The summed E-state index contributed by atoms with van der Waals surface area (Å²) in [5.74, 6) is 0.569. The average Bonchev–Trinajstić information content (AvgIpc) is 3.13. The fourth-order valence-corrected chi connectivity index (χ4v) is 3.90. The summed E-state index contributed by atoms with van der Waals surface area (Å²) in [7, 11) is 3.06. The molecule has 9 heteroatoms. The van der Waals surface area contributed by atoms with Crippen molar-refractivity contribution in [1.29, 1.82) is 0 Å². The maximum Gasteiger partial charge on any atom is 0.332 e. The molecule has 0 amide bonds. The Morgan fingerprint density at radius 2 is 1.78 bits per heavy atom. The van der Waals surface area contributed by atoms with E-state index in [0.29, 0.717) is 27.0 Å². The van der Waals surface area contributed by atoms with E-state index in [1.807, 2.05) is 30.7 Å². The van der Waals surface area contributed by atoms with Gasteiger partial charge in [0.1, 0.15) is 0 Å². The molecule has 0 fully saturated rings. The van der Waals surface area contributed by atoms with Crippen LogP contribution in [0.15, 0.2) is 34.0 Å². The fraction of sp³-hybridized carbons (Fsp3) is 0.278. The van der Waals surface area contributed by atoms with E-state index >= 15 is 0 Å². The van der Waals surface area contributed by atoms with Gasteiger partial charge in [0.15, 0.2) is 11.2 Å². The van der Waals surface area contributed by atoms with E-state index in [9.17, 15) is 9.59 Å². The maximum absolute atomic E-state index is 12.8. The van der Waals surface area contributed by atoms with Crippen LogP contribution in [-0.2, 0) is 14.1 Å². The summed E-state index contributed by atoms with van der Waals surface area (Å²) in [5.41, 5.74) is 1.49. The third kappa shape index (κ3) is 2.45. The van der Waals surface area contributed by atoms with Crippen LogP contribution in [0.2, 0.25) is 10.0 Å². The highest BCUT2D eigenvalue weighted by atomic mass is 35.5. The van der Waals surface area contributed by atoms with Crippen molar-refractivity contribution in [3.63, 3.8) is 0 Å². The maximum atomic E-state index is 12.8. The molecular weight excluding hydrogens is 389 g/mol. The van der Waals surface area contributed by atoms with Gasteiger partial charge in [-0.1, -0.05) is 23.2 Å². The molecule has 0 N–H and O–H groups in total. The Labute approximate surface area is 164 Å². The van der Waals surface area contributed by atoms with E-state index in [0.717, 1.165) is 15.8 Å². The van der Waals surface area contributed by atoms with Crippen molar-refractivity contribution in [2.45, 2.75) is 19.9 Å². The van der Waals surface area contributed by atoms with Crippen molar-refractivity contribution in [3.05, 3.63) is 55.3 Å². The van der Waals surface area contributed by atoms with Crippen LogP contribution in [0, 0.1) is 0 Å². The Balaban J connectivity index is 2.19. The lowest BCUT2D eigenvalue weighted by molar-refractivity contribution is 0.621. The molecular formula is C18H17Cl2N5O2. The van der Waals surface area contributed by atoms with E-state index in [1.165, 1.54) is 11.6 Å². The Morgan fingerprint density at radius 1 is 1.07 bits per heavy atom. The van der Waals surface area contributed by atoms with Crippen molar-refractivity contribution in [1.82, 2.24) is 23.1 Å². The first-order valence-corrected chi connectivity index (χ1v) is 9.12. The molecule has 3 heterocycles. The normalized spacial score (nSPS) is 12.0. The molecule has 4 rings (SSSR count). The summed E-state index contributed by atoms with van der Waals surface area (Å²) in [6.45, 7) is 4.04. The Kier molecular flexibility index (Phi) is 3.98. The number of nitrogens with zero attached hydrogens (tertiary/aromatic N) is 5. The molecule has 140 valence electrons. The molecule has 4 aromatic rings. The first-order chi connectivity index (χ1) is 12.7. The lowest BCUT2D eigenvalue weighted by atomic mass is 10.1. The van der Waals surface area contributed by atoms with Gasteiger partial charge in [-0.05, 0) is 32.0 Å². The van der Waals surface area contributed by atoms with Gasteiger partial charge >= 0.3 is 5.69 Å². The topological polar surface area (TPSA) is 66.2 Å². The molecule has 0 bridgehead atoms. The van der Waals surface area contributed by atoms with Crippen molar-refractivity contribution in [3.8, 4) is 11.3 Å². The minimum atomic E-state index is -0.412. The molecule has 27 heavy (non-hydrogen) atoms. The second-order valence-electron chi connectivity index (χ2n) is 6.76. The minimum absolute atomic E-state index is 0.0435. The second-order valence-corrected chi connectivity index (χ2v) is 7.61. The Bertz CT molecular complexity index is 1340. The number of imidazole rings is 2. The number of rotatable bonds is 2. The average molecular weight is 406 g/mol. The molecule has 0 aliphatic carbocycles. The van der Waals surface area contributed by atoms with Crippen molar-refractivity contribution < 1.29 is 0 Å². The Morgan fingerprint density at radius 3 is 2.41 bits per heavy atom. The summed E-state index contributed by atoms with van der Waals surface area (Å²) in [6.07, 6.45) is 1.83. The largest absolute Gasteiger partial charge is 0.332 e. The SMILES string of the molecule is CC(C)n1c(-c2ccc(Cl)cc2Cl)cn2c3c(=O)n(C)c(=O)n(C)c3nc12. The number of hydrogen-bond acceptors (Lipinski definition) is 3. The first kappa shape index (κ1) is 17.9. The number of fused-ring (bicyclic) bond motifs is 3. The number of hydrogen-bond donors (Lipinski definition) is 0. The van der Waals surface area contributed by atoms with Crippen LogP contribution in [0.1, 0.15) is 19.9 Å². The highest BCUT2D eigenvalue weighted by Gasteiger charge is 2.22. The van der Waals surface area contributed by atoms with Crippen LogP contribution >= 0.6 is 23.2 Å². The van der Waals surface area contributed by atoms with Gasteiger partial charge in [0.2, 0.25) is 5.78 Å². The lowest BCUT2D eigenvalue weighted by Gasteiger charge is -2.13. The molecule has 0 saturated carbocycles. The molecule has 0 aliphatic heterocycles. The molecule has 0 atom stereocenters. The van der Waals surface area contributed by atoms with E-state index in [1.54, 1.807) is 23.6 Å². The van der Waals surface area contributed by atoms with Gasteiger partial charge < -0.3 is 4.57 Å². The molecule has 0 unspecified atom stereocenters. The zero-order chi connectivity index (χ0) is 19.6. The van der Waals surface area contributed by atoms with Crippen LogP contribution in [0.25, 0.3) is 28.2 Å². The molecule has 0 radical (unpaired) electrons. The van der Waals surface area contributed by atoms with Gasteiger partial charge in [0.05, 0.1) is 10.7 Å². The highest BCUT2D eigenvalue weighted by Crippen LogP contribution is 2.34. The van der Waals surface area contributed by atoms with Crippen LogP contribution in [0.4, 0.5) is 0 Å². The fourth-order valence-electron chi connectivity index (χ4n) is 3.39. The van der Waals surface area contributed by atoms with Gasteiger partial charge in [-0.3, -0.25) is 18.3 Å². The molecule has 1 aromatic carbocycles. The molecule has 3 aromatic heterocycles. The van der Waals surface area contributed by atoms with E-state index in [4.69, 9.17) is 23.2 Å². The summed E-state index contributed by atoms with van der Waals surface area (Å²) in [5, 5.41) is 1.06. The number of benzene rings is 1. The summed E-state index contributed by atoms with van der Waals surface area (Å²) in [6, 6.07) is 5.33. The smallest absolute Gasteiger partial charge is 0.307 e. The van der Waals surface area contributed by atoms with E-state index < -0.39 is 11.2 Å². The molecule has 0 saturated heterocycles. The second kappa shape index (κ2) is 6.00. The van der Waals surface area contributed by atoms with Crippen molar-refractivity contribution in [2.24, 2.45) is 14.1 Å². The first-order valence-electron chi connectivity index (χ1n) is 8.36. The van der Waals surface area contributed by atoms with Crippen LogP contribution in [0.3, 0.4) is 0 Å². The zero-order valence-corrected chi connectivity index (χ0v) is 16.7. The van der Waals surface area contributed by atoms with Gasteiger partial charge in [0.25, 0.3) is 5.56 Å². The monoisotopic (exact) mass is 405 g/mol. The van der Waals surface area contributed by atoms with Gasteiger partial charge in [-0.2, -0.15) is 4.98 Å². The summed E-state index contributed by atoms with van der Waals surface area (Å²) in [4.78, 5) is 29.6. The number of aromatic nitrogens is 5. The quantitative estimate of drug-likeness (QED) is 0.514. The molecule has 0 spiro atoms. The molecule has 7 nitrogen and oxygen atoms in total. The zero-order valence-electron chi connectivity index (χ0n) is 15.2. The third-order valence-corrected chi connectivity index (χ3v) is 5.27. The lowest BCUT2D eigenvalue weighted by Crippen LogP contribution is -2.37. The minimum Gasteiger partial charge on any atom is -0.307 e. The Hall–Kier alpha value is -2.51. The molecule has 0 aliphatic rings. The van der Waals surface area contributed by atoms with Gasteiger partial charge in [-0.25, -0.2) is 4.79 Å². The van der Waals surface area contributed by atoms with Crippen molar-refractivity contribution in [2.75, 3.05) is 0 Å². The standard InChI is InChI=1S/C18H17Cl2N5O2/c1-9(2)25-13(11-6-5-10(19)7-12(11)20)8-24-14-15(21-17(24)25)22(3)18(27)23(4)16(14)26/h5-9H,1-4H3. The summed E-state index contributed by atoms with van der Waals surface area (Å²) < 4.78 is 6.16. The van der Waals surface area contributed by atoms with Crippen LogP contribution in [0.5, 0.6) is 0 Å². The van der Waals surface area contributed by atoms with Gasteiger partial charge in [-0.15, -0.1) is 0 Å². The van der Waals surface area contributed by atoms with E-state index in [-0.39, 0.29) is 6.04 Å². The van der Waals surface area contributed by atoms with Crippen molar-refractivity contribution >= 4 is 40.1 Å². The predicted molar refractivity (Wildman–Crippen MR) is 107 cm³/mol. The van der Waals surface area contributed by atoms with E-state index in [2.05, 4.69) is 4.98 Å². The number of aryl methyl sites for hydroxylation is 1. The predicted octanol–water partition coefficient (Wildman–Crippen LogP) is 3.24. The highest BCUT2D eigenvalue weighted by molar-refractivity contribution is 6.36.